The Morgan fingerprint density at radius 2 is 1.68 bits per heavy atom. The predicted molar refractivity (Wildman–Crippen MR) is 104 cm³/mol. The molecule has 0 unspecified atom stereocenters. The SMILES string of the molecule is CC(C)(C)NC(=O)C(=Cc1ccc(Br)cc1)NC(=O)c1ccc(Br)o1. The highest BCUT2D eigenvalue weighted by Gasteiger charge is 2.21. The Morgan fingerprint density at radius 3 is 2.20 bits per heavy atom. The molecule has 0 atom stereocenters. The molecule has 0 radical (unpaired) electrons. The van der Waals surface area contributed by atoms with Crippen LogP contribution in [0.1, 0.15) is 36.9 Å². The lowest BCUT2D eigenvalue weighted by atomic mass is 10.1. The molecular formula is C18H18Br2N2O3. The molecule has 0 aliphatic rings. The van der Waals surface area contributed by atoms with Crippen LogP contribution in [-0.4, -0.2) is 17.4 Å². The van der Waals surface area contributed by atoms with Gasteiger partial charge in [-0.05, 0) is 72.6 Å². The zero-order valence-corrected chi connectivity index (χ0v) is 17.2. The number of amides is 2. The third-order valence-corrected chi connectivity index (χ3v) is 3.91. The van der Waals surface area contributed by atoms with E-state index in [9.17, 15) is 9.59 Å². The lowest BCUT2D eigenvalue weighted by Crippen LogP contribution is -2.44. The third-order valence-electron chi connectivity index (χ3n) is 2.96. The molecule has 0 saturated heterocycles. The number of benzene rings is 1. The number of furan rings is 1. The zero-order chi connectivity index (χ0) is 18.6. The van der Waals surface area contributed by atoms with Gasteiger partial charge in [0, 0.05) is 10.0 Å². The monoisotopic (exact) mass is 468 g/mol. The van der Waals surface area contributed by atoms with Crippen LogP contribution in [0.5, 0.6) is 0 Å². The average Bonchev–Trinajstić information content (AvgIpc) is 2.93. The fourth-order valence-electron chi connectivity index (χ4n) is 1.91. The Bertz CT molecular complexity index is 802. The zero-order valence-electron chi connectivity index (χ0n) is 14.0. The molecular weight excluding hydrogens is 452 g/mol. The first-order chi connectivity index (χ1) is 11.6. The molecule has 0 saturated carbocycles. The van der Waals surface area contributed by atoms with E-state index in [2.05, 4.69) is 42.5 Å². The molecule has 2 aromatic rings. The van der Waals surface area contributed by atoms with Crippen LogP contribution in [0.2, 0.25) is 0 Å². The van der Waals surface area contributed by atoms with Crippen molar-refractivity contribution < 1.29 is 14.0 Å². The summed E-state index contributed by atoms with van der Waals surface area (Å²) in [5.41, 5.74) is 0.479. The maximum atomic E-state index is 12.6. The number of hydrogen-bond donors (Lipinski definition) is 2. The van der Waals surface area contributed by atoms with E-state index in [1.807, 2.05) is 45.0 Å². The van der Waals surface area contributed by atoms with Crippen LogP contribution in [0, 0.1) is 0 Å². The molecule has 7 heteroatoms. The summed E-state index contributed by atoms with van der Waals surface area (Å²) in [6.07, 6.45) is 1.61. The number of nitrogens with one attached hydrogen (secondary N) is 2. The molecule has 1 aromatic heterocycles. The predicted octanol–water partition coefficient (Wildman–Crippen LogP) is 4.49. The van der Waals surface area contributed by atoms with E-state index in [4.69, 9.17) is 4.42 Å². The minimum absolute atomic E-state index is 0.108. The van der Waals surface area contributed by atoms with Crippen molar-refractivity contribution in [3.63, 3.8) is 0 Å². The number of carbonyl (C=O) groups is 2. The summed E-state index contributed by atoms with van der Waals surface area (Å²) < 4.78 is 6.60. The molecule has 0 bridgehead atoms. The smallest absolute Gasteiger partial charge is 0.291 e. The number of halogens is 2. The van der Waals surface area contributed by atoms with Crippen molar-refractivity contribution in [3.8, 4) is 0 Å². The summed E-state index contributed by atoms with van der Waals surface area (Å²) in [5.74, 6) is -0.773. The maximum absolute atomic E-state index is 12.6. The van der Waals surface area contributed by atoms with Gasteiger partial charge in [0.2, 0.25) is 0 Å². The Hall–Kier alpha value is -1.86. The van der Waals surface area contributed by atoms with Crippen LogP contribution in [0.25, 0.3) is 6.08 Å². The van der Waals surface area contributed by atoms with Crippen LogP contribution in [0.4, 0.5) is 0 Å². The Labute approximate surface area is 163 Å². The van der Waals surface area contributed by atoms with Gasteiger partial charge in [-0.2, -0.15) is 0 Å². The van der Waals surface area contributed by atoms with E-state index in [0.29, 0.717) is 4.67 Å². The van der Waals surface area contributed by atoms with E-state index in [1.54, 1.807) is 12.1 Å². The second-order valence-corrected chi connectivity index (χ2v) is 8.07. The minimum atomic E-state index is -0.502. The highest BCUT2D eigenvalue weighted by Crippen LogP contribution is 2.16. The summed E-state index contributed by atoms with van der Waals surface area (Å²) in [4.78, 5) is 24.9. The summed E-state index contributed by atoms with van der Waals surface area (Å²) in [6, 6.07) is 10.5. The molecule has 5 nitrogen and oxygen atoms in total. The van der Waals surface area contributed by atoms with Crippen molar-refractivity contribution in [1.29, 1.82) is 0 Å². The normalized spacial score (nSPS) is 12.0. The quantitative estimate of drug-likeness (QED) is 0.648. The molecule has 2 amide bonds. The van der Waals surface area contributed by atoms with E-state index in [1.165, 1.54) is 6.07 Å². The lowest BCUT2D eigenvalue weighted by molar-refractivity contribution is -0.119. The molecule has 132 valence electrons. The van der Waals surface area contributed by atoms with Crippen molar-refractivity contribution >= 4 is 49.8 Å². The van der Waals surface area contributed by atoms with E-state index < -0.39 is 11.4 Å². The topological polar surface area (TPSA) is 71.3 Å². The van der Waals surface area contributed by atoms with E-state index in [0.717, 1.165) is 10.0 Å². The summed E-state index contributed by atoms with van der Waals surface area (Å²) in [5, 5.41) is 5.46. The summed E-state index contributed by atoms with van der Waals surface area (Å²) >= 11 is 6.52. The second kappa shape index (κ2) is 8.01. The molecule has 1 aromatic carbocycles. The Morgan fingerprint density at radius 1 is 1.04 bits per heavy atom. The molecule has 25 heavy (non-hydrogen) atoms. The van der Waals surface area contributed by atoms with Crippen LogP contribution in [0.15, 0.2) is 55.7 Å². The van der Waals surface area contributed by atoms with Crippen molar-refractivity contribution in [1.82, 2.24) is 10.6 Å². The van der Waals surface area contributed by atoms with Crippen LogP contribution in [0.3, 0.4) is 0 Å². The molecule has 0 spiro atoms. The number of carbonyl (C=O) groups excluding carboxylic acids is 2. The van der Waals surface area contributed by atoms with Gasteiger partial charge in [0.25, 0.3) is 11.8 Å². The number of hydrogen-bond acceptors (Lipinski definition) is 3. The van der Waals surface area contributed by atoms with Crippen LogP contribution in [-0.2, 0) is 4.79 Å². The molecule has 2 rings (SSSR count). The average molecular weight is 470 g/mol. The van der Waals surface area contributed by atoms with Gasteiger partial charge in [0.05, 0.1) is 0 Å². The van der Waals surface area contributed by atoms with Crippen molar-refractivity contribution in [3.05, 3.63) is 62.6 Å². The molecule has 1 heterocycles. The van der Waals surface area contributed by atoms with Gasteiger partial charge in [-0.3, -0.25) is 9.59 Å². The summed E-state index contributed by atoms with van der Waals surface area (Å²) in [6.45, 7) is 5.61. The van der Waals surface area contributed by atoms with Crippen LogP contribution < -0.4 is 10.6 Å². The highest BCUT2D eigenvalue weighted by atomic mass is 79.9. The maximum Gasteiger partial charge on any atom is 0.291 e. The van der Waals surface area contributed by atoms with Gasteiger partial charge in [-0.1, -0.05) is 28.1 Å². The van der Waals surface area contributed by atoms with E-state index >= 15 is 0 Å². The van der Waals surface area contributed by atoms with Gasteiger partial charge >= 0.3 is 0 Å². The highest BCUT2D eigenvalue weighted by molar-refractivity contribution is 9.10. The molecule has 2 N–H and O–H groups in total. The first-order valence-corrected chi connectivity index (χ1v) is 9.09. The minimum Gasteiger partial charge on any atom is -0.444 e. The second-order valence-electron chi connectivity index (χ2n) is 6.37. The van der Waals surface area contributed by atoms with Gasteiger partial charge in [0.1, 0.15) is 5.70 Å². The Kier molecular flexibility index (Phi) is 6.24. The van der Waals surface area contributed by atoms with Crippen molar-refractivity contribution in [2.24, 2.45) is 0 Å². The van der Waals surface area contributed by atoms with Crippen LogP contribution >= 0.6 is 31.9 Å². The molecule has 0 aliphatic heterocycles. The van der Waals surface area contributed by atoms with Gasteiger partial charge in [-0.15, -0.1) is 0 Å². The largest absolute Gasteiger partial charge is 0.444 e. The van der Waals surface area contributed by atoms with E-state index in [-0.39, 0.29) is 17.4 Å². The standard InChI is InChI=1S/C18H18Br2N2O3/c1-18(2,3)22-16(23)13(10-11-4-6-12(19)7-5-11)21-17(24)14-8-9-15(20)25-14/h4-10H,1-3H3,(H,21,24)(H,22,23). The summed E-state index contributed by atoms with van der Waals surface area (Å²) in [7, 11) is 0. The van der Waals surface area contributed by atoms with Crippen molar-refractivity contribution in [2.75, 3.05) is 0 Å². The Balaban J connectivity index is 2.29. The number of rotatable bonds is 4. The van der Waals surface area contributed by atoms with Gasteiger partial charge < -0.3 is 15.1 Å². The van der Waals surface area contributed by atoms with Gasteiger partial charge in [0.15, 0.2) is 10.4 Å². The lowest BCUT2D eigenvalue weighted by Gasteiger charge is -2.21. The van der Waals surface area contributed by atoms with Gasteiger partial charge in [-0.25, -0.2) is 0 Å². The van der Waals surface area contributed by atoms with Crippen molar-refractivity contribution in [2.45, 2.75) is 26.3 Å². The third kappa shape index (κ3) is 6.17. The first kappa shape index (κ1) is 19.5. The first-order valence-electron chi connectivity index (χ1n) is 7.50. The molecule has 0 fully saturated rings. The fraction of sp³-hybridized carbons (Fsp3) is 0.222. The molecule has 0 aliphatic carbocycles. The fourth-order valence-corrected chi connectivity index (χ4v) is 2.48.